The van der Waals surface area contributed by atoms with Crippen LogP contribution in [0.3, 0.4) is 0 Å². The van der Waals surface area contributed by atoms with E-state index >= 15 is 0 Å². The molecule has 20 heavy (non-hydrogen) atoms. The molecule has 1 rings (SSSR count). The highest BCUT2D eigenvalue weighted by molar-refractivity contribution is 4.86. The van der Waals surface area contributed by atoms with Gasteiger partial charge in [0.1, 0.15) is 0 Å². The van der Waals surface area contributed by atoms with Crippen LogP contribution in [0.5, 0.6) is 0 Å². The van der Waals surface area contributed by atoms with E-state index in [2.05, 4.69) is 45.0 Å². The maximum atomic E-state index is 3.75. The normalized spacial score (nSPS) is 28.8. The summed E-state index contributed by atoms with van der Waals surface area (Å²) in [6, 6.07) is 1.48. The molecule has 4 unspecified atom stereocenters. The predicted molar refractivity (Wildman–Crippen MR) is 90.2 cm³/mol. The molecule has 0 aliphatic heterocycles. The zero-order valence-corrected chi connectivity index (χ0v) is 14.6. The Labute approximate surface area is 127 Å². The van der Waals surface area contributed by atoms with Gasteiger partial charge in [-0.2, -0.15) is 0 Å². The van der Waals surface area contributed by atoms with Crippen molar-refractivity contribution in [2.24, 2.45) is 11.8 Å². The fourth-order valence-corrected chi connectivity index (χ4v) is 3.95. The molecule has 120 valence electrons. The Morgan fingerprint density at radius 2 is 1.90 bits per heavy atom. The standard InChI is InChI=1S/C18H38N2/c1-6-9-15(4)20(5)14-17-13-16(10-7-2)11-12-18(17)19-8-3/h15-19H,6-14H2,1-5H3. The molecular weight excluding hydrogens is 244 g/mol. The number of hydrogen-bond acceptors (Lipinski definition) is 2. The van der Waals surface area contributed by atoms with E-state index in [9.17, 15) is 0 Å². The van der Waals surface area contributed by atoms with Crippen molar-refractivity contribution in [3.63, 3.8) is 0 Å². The van der Waals surface area contributed by atoms with Crippen molar-refractivity contribution in [3.05, 3.63) is 0 Å². The molecule has 0 heterocycles. The zero-order valence-electron chi connectivity index (χ0n) is 14.6. The summed E-state index contributed by atoms with van der Waals surface area (Å²) in [5.41, 5.74) is 0. The Balaban J connectivity index is 2.54. The molecule has 2 nitrogen and oxygen atoms in total. The van der Waals surface area contributed by atoms with Gasteiger partial charge in [-0.05, 0) is 58.0 Å². The van der Waals surface area contributed by atoms with Crippen molar-refractivity contribution in [2.75, 3.05) is 20.1 Å². The summed E-state index contributed by atoms with van der Waals surface area (Å²) in [6.07, 6.45) is 9.68. The van der Waals surface area contributed by atoms with Gasteiger partial charge < -0.3 is 10.2 Å². The first-order chi connectivity index (χ1) is 9.62. The third-order valence-corrected chi connectivity index (χ3v) is 5.24. The van der Waals surface area contributed by atoms with Crippen LogP contribution < -0.4 is 5.32 Å². The van der Waals surface area contributed by atoms with Gasteiger partial charge in [-0.25, -0.2) is 0 Å². The molecular formula is C18H38N2. The lowest BCUT2D eigenvalue weighted by Gasteiger charge is -2.40. The average Bonchev–Trinajstić information content (AvgIpc) is 2.42. The van der Waals surface area contributed by atoms with Crippen LogP contribution in [0.15, 0.2) is 0 Å². The molecule has 1 saturated carbocycles. The molecule has 0 aromatic rings. The van der Waals surface area contributed by atoms with E-state index in [0.29, 0.717) is 0 Å². The van der Waals surface area contributed by atoms with Crippen LogP contribution in [0, 0.1) is 11.8 Å². The fourth-order valence-electron chi connectivity index (χ4n) is 3.95. The average molecular weight is 283 g/mol. The highest BCUT2D eigenvalue weighted by atomic mass is 15.1. The smallest absolute Gasteiger partial charge is 0.0108 e. The predicted octanol–water partition coefficient (Wildman–Crippen LogP) is 4.30. The summed E-state index contributed by atoms with van der Waals surface area (Å²) in [6.45, 7) is 11.7. The van der Waals surface area contributed by atoms with E-state index < -0.39 is 0 Å². The van der Waals surface area contributed by atoms with Gasteiger partial charge in [0.25, 0.3) is 0 Å². The number of hydrogen-bond donors (Lipinski definition) is 1. The van der Waals surface area contributed by atoms with Gasteiger partial charge in [-0.3, -0.25) is 0 Å². The van der Waals surface area contributed by atoms with Crippen molar-refractivity contribution in [1.29, 1.82) is 0 Å². The summed E-state index contributed by atoms with van der Waals surface area (Å²) < 4.78 is 0. The van der Waals surface area contributed by atoms with Gasteiger partial charge in [0.05, 0.1) is 0 Å². The second-order valence-corrected chi connectivity index (χ2v) is 6.97. The third-order valence-electron chi connectivity index (χ3n) is 5.24. The van der Waals surface area contributed by atoms with Crippen molar-refractivity contribution >= 4 is 0 Å². The van der Waals surface area contributed by atoms with E-state index in [0.717, 1.165) is 30.5 Å². The van der Waals surface area contributed by atoms with Gasteiger partial charge in [0.2, 0.25) is 0 Å². The van der Waals surface area contributed by atoms with Gasteiger partial charge in [-0.1, -0.05) is 40.0 Å². The summed E-state index contributed by atoms with van der Waals surface area (Å²) in [5.74, 6) is 1.83. The Bertz CT molecular complexity index is 242. The Morgan fingerprint density at radius 1 is 1.15 bits per heavy atom. The first-order valence-electron chi connectivity index (χ1n) is 9.05. The van der Waals surface area contributed by atoms with Gasteiger partial charge in [0.15, 0.2) is 0 Å². The first-order valence-corrected chi connectivity index (χ1v) is 9.05. The summed E-state index contributed by atoms with van der Waals surface area (Å²) in [5, 5.41) is 3.75. The highest BCUT2D eigenvalue weighted by Crippen LogP contribution is 2.33. The molecule has 4 atom stereocenters. The van der Waals surface area contributed by atoms with Crippen LogP contribution in [0.1, 0.15) is 72.6 Å². The van der Waals surface area contributed by atoms with Crippen LogP contribution >= 0.6 is 0 Å². The topological polar surface area (TPSA) is 15.3 Å². The molecule has 1 aliphatic rings. The lowest BCUT2D eigenvalue weighted by molar-refractivity contribution is 0.128. The van der Waals surface area contributed by atoms with Crippen molar-refractivity contribution in [3.8, 4) is 0 Å². The second-order valence-electron chi connectivity index (χ2n) is 6.97. The van der Waals surface area contributed by atoms with E-state index in [-0.39, 0.29) is 0 Å². The van der Waals surface area contributed by atoms with Gasteiger partial charge in [0, 0.05) is 18.6 Å². The summed E-state index contributed by atoms with van der Waals surface area (Å²) in [4.78, 5) is 2.60. The minimum Gasteiger partial charge on any atom is -0.314 e. The molecule has 0 aromatic heterocycles. The molecule has 1 fully saturated rings. The van der Waals surface area contributed by atoms with E-state index in [1.807, 2.05) is 0 Å². The largest absolute Gasteiger partial charge is 0.314 e. The molecule has 1 N–H and O–H groups in total. The molecule has 0 spiro atoms. The third kappa shape index (κ3) is 5.73. The molecule has 2 heteroatoms. The lowest BCUT2D eigenvalue weighted by Crippen LogP contribution is -2.46. The van der Waals surface area contributed by atoms with Crippen LogP contribution in [0.4, 0.5) is 0 Å². The first kappa shape index (κ1) is 18.0. The SMILES string of the molecule is CCCC1CCC(NCC)C(CN(C)C(C)CCC)C1. The molecule has 0 saturated heterocycles. The highest BCUT2D eigenvalue weighted by Gasteiger charge is 2.30. The Hall–Kier alpha value is -0.0800. The van der Waals surface area contributed by atoms with Crippen LogP contribution in [-0.2, 0) is 0 Å². The fraction of sp³-hybridized carbons (Fsp3) is 1.00. The summed E-state index contributed by atoms with van der Waals surface area (Å²) in [7, 11) is 2.33. The van der Waals surface area contributed by atoms with Crippen molar-refractivity contribution < 1.29 is 0 Å². The van der Waals surface area contributed by atoms with E-state index in [4.69, 9.17) is 0 Å². The molecule has 0 amide bonds. The minimum atomic E-state index is 0.730. The molecule has 0 bridgehead atoms. The quantitative estimate of drug-likeness (QED) is 0.678. The van der Waals surface area contributed by atoms with Crippen LogP contribution in [0.25, 0.3) is 0 Å². The van der Waals surface area contributed by atoms with Gasteiger partial charge >= 0.3 is 0 Å². The minimum absolute atomic E-state index is 0.730. The maximum Gasteiger partial charge on any atom is 0.0108 e. The van der Waals surface area contributed by atoms with E-state index in [1.54, 1.807) is 0 Å². The number of nitrogens with zero attached hydrogens (tertiary/aromatic N) is 1. The van der Waals surface area contributed by atoms with Crippen molar-refractivity contribution in [2.45, 2.75) is 84.7 Å². The Kier molecular flexibility index (Phi) is 8.79. The van der Waals surface area contributed by atoms with E-state index in [1.165, 1.54) is 51.5 Å². The molecule has 0 aromatic carbocycles. The zero-order chi connectivity index (χ0) is 15.0. The number of rotatable bonds is 9. The molecule has 1 aliphatic carbocycles. The Morgan fingerprint density at radius 3 is 2.50 bits per heavy atom. The molecule has 0 radical (unpaired) electrons. The second kappa shape index (κ2) is 9.78. The number of nitrogens with one attached hydrogen (secondary N) is 1. The van der Waals surface area contributed by atoms with Crippen LogP contribution in [-0.4, -0.2) is 37.1 Å². The van der Waals surface area contributed by atoms with Gasteiger partial charge in [-0.15, -0.1) is 0 Å². The van der Waals surface area contributed by atoms with Crippen LogP contribution in [0.2, 0.25) is 0 Å². The lowest BCUT2D eigenvalue weighted by atomic mass is 9.76. The summed E-state index contributed by atoms with van der Waals surface area (Å²) >= 11 is 0. The van der Waals surface area contributed by atoms with Crippen molar-refractivity contribution in [1.82, 2.24) is 10.2 Å². The monoisotopic (exact) mass is 282 g/mol. The maximum absolute atomic E-state index is 3.75.